The highest BCUT2D eigenvalue weighted by molar-refractivity contribution is 7.08. The fourth-order valence-electron chi connectivity index (χ4n) is 2.73. The molecule has 0 saturated heterocycles. The Hall–Kier alpha value is -3.74. The Morgan fingerprint density at radius 1 is 1.21 bits per heavy atom. The predicted octanol–water partition coefficient (Wildman–Crippen LogP) is 5.14. The van der Waals surface area contributed by atoms with Crippen LogP contribution in [0.25, 0.3) is 22.1 Å². The first-order valence-corrected chi connectivity index (χ1v) is 9.17. The lowest BCUT2D eigenvalue weighted by Gasteiger charge is -2.08. The van der Waals surface area contributed by atoms with Gasteiger partial charge in [0.15, 0.2) is 5.15 Å². The number of nitrogens with zero attached hydrogens (tertiary/aromatic N) is 3. The smallest absolute Gasteiger partial charge is 0.336 e. The van der Waals surface area contributed by atoms with Crippen molar-refractivity contribution in [1.82, 2.24) is 4.37 Å². The maximum absolute atomic E-state index is 12.0. The molecule has 0 atom stereocenters. The lowest BCUT2D eigenvalue weighted by molar-refractivity contribution is -0.384. The van der Waals surface area contributed by atoms with Crippen LogP contribution in [0.15, 0.2) is 57.7 Å². The third kappa shape index (κ3) is 3.54. The van der Waals surface area contributed by atoms with Crippen LogP contribution < -0.4 is 10.4 Å². The Balaban J connectivity index is 1.77. The van der Waals surface area contributed by atoms with E-state index in [-0.39, 0.29) is 27.1 Å². The molecule has 2 heterocycles. The van der Waals surface area contributed by atoms with Crippen LogP contribution in [0.2, 0.25) is 5.15 Å². The number of non-ortho nitro benzene ring substituents is 1. The summed E-state index contributed by atoms with van der Waals surface area (Å²) in [6, 6.07) is 14.0. The number of nitro groups is 1. The average molecular weight is 426 g/mol. The Labute approximate surface area is 171 Å². The quantitative estimate of drug-likeness (QED) is 0.252. The Bertz CT molecular complexity index is 1360. The molecule has 29 heavy (non-hydrogen) atoms. The number of hydrogen-bond acceptors (Lipinski definition) is 8. The standard InChI is InChI=1S/C19H8ClN3O5S/c20-18-15(9-21)19(29-22-18)27-12-5-6-13-14(8-17(24)28-16(13)7-12)10-1-3-11(4-2-10)23(25)26/h1-8H. The van der Waals surface area contributed by atoms with E-state index in [0.29, 0.717) is 22.3 Å². The van der Waals surface area contributed by atoms with Gasteiger partial charge in [-0.2, -0.15) is 9.64 Å². The second kappa shape index (κ2) is 7.35. The first-order valence-electron chi connectivity index (χ1n) is 8.02. The van der Waals surface area contributed by atoms with Crippen LogP contribution in [0.1, 0.15) is 5.56 Å². The summed E-state index contributed by atoms with van der Waals surface area (Å²) in [5, 5.41) is 20.9. The first-order chi connectivity index (χ1) is 14.0. The first kappa shape index (κ1) is 18.6. The molecule has 0 bridgehead atoms. The van der Waals surface area contributed by atoms with Crippen molar-refractivity contribution in [3.05, 3.63) is 79.8 Å². The van der Waals surface area contributed by atoms with Crippen LogP contribution >= 0.6 is 23.1 Å². The molecule has 2 aromatic heterocycles. The monoisotopic (exact) mass is 425 g/mol. The van der Waals surface area contributed by atoms with Crippen molar-refractivity contribution in [3.63, 3.8) is 0 Å². The summed E-state index contributed by atoms with van der Waals surface area (Å²) in [7, 11) is 0. The van der Waals surface area contributed by atoms with Crippen molar-refractivity contribution in [2.45, 2.75) is 0 Å². The molecule has 0 N–H and O–H groups in total. The minimum Gasteiger partial charge on any atom is -0.444 e. The number of aromatic nitrogens is 1. The Kier molecular flexibility index (Phi) is 4.72. The number of fused-ring (bicyclic) bond motifs is 1. The Morgan fingerprint density at radius 2 is 1.97 bits per heavy atom. The summed E-state index contributed by atoms with van der Waals surface area (Å²) in [6.07, 6.45) is 0. The van der Waals surface area contributed by atoms with E-state index in [1.807, 2.05) is 6.07 Å². The number of hydrogen-bond donors (Lipinski definition) is 0. The molecule has 0 radical (unpaired) electrons. The van der Waals surface area contributed by atoms with E-state index in [2.05, 4.69) is 4.37 Å². The van der Waals surface area contributed by atoms with Crippen LogP contribution in [-0.4, -0.2) is 9.30 Å². The largest absolute Gasteiger partial charge is 0.444 e. The molecule has 0 aliphatic rings. The van der Waals surface area contributed by atoms with Gasteiger partial charge in [0.25, 0.3) is 5.69 Å². The highest BCUT2D eigenvalue weighted by Gasteiger charge is 2.16. The fraction of sp³-hybridized carbons (Fsp3) is 0. The van der Waals surface area contributed by atoms with Crippen molar-refractivity contribution in [3.8, 4) is 28.0 Å². The zero-order valence-electron chi connectivity index (χ0n) is 14.3. The van der Waals surface area contributed by atoms with Gasteiger partial charge < -0.3 is 9.15 Å². The van der Waals surface area contributed by atoms with Crippen molar-refractivity contribution < 1.29 is 14.1 Å². The van der Waals surface area contributed by atoms with Crippen LogP contribution in [0, 0.1) is 21.4 Å². The van der Waals surface area contributed by atoms with Crippen molar-refractivity contribution in [1.29, 1.82) is 5.26 Å². The van der Waals surface area contributed by atoms with Gasteiger partial charge in [0.2, 0.25) is 5.06 Å². The second-order valence-corrected chi connectivity index (χ2v) is 6.88. The maximum Gasteiger partial charge on any atom is 0.336 e. The third-order valence-corrected chi connectivity index (χ3v) is 5.15. The summed E-state index contributed by atoms with van der Waals surface area (Å²) in [5.74, 6) is 0.332. The van der Waals surface area contributed by atoms with E-state index in [9.17, 15) is 14.9 Å². The molecule has 0 aliphatic carbocycles. The summed E-state index contributed by atoms with van der Waals surface area (Å²) in [6.45, 7) is 0. The van der Waals surface area contributed by atoms with Crippen molar-refractivity contribution in [2.24, 2.45) is 0 Å². The number of rotatable bonds is 4. The summed E-state index contributed by atoms with van der Waals surface area (Å²) in [5.41, 5.74) is 0.949. The van der Waals surface area contributed by atoms with Gasteiger partial charge in [-0.1, -0.05) is 11.6 Å². The van der Waals surface area contributed by atoms with Gasteiger partial charge in [-0.15, -0.1) is 0 Å². The molecular weight excluding hydrogens is 418 g/mol. The lowest BCUT2D eigenvalue weighted by Crippen LogP contribution is -1.98. The van der Waals surface area contributed by atoms with Gasteiger partial charge >= 0.3 is 5.63 Å². The van der Waals surface area contributed by atoms with E-state index in [4.69, 9.17) is 26.0 Å². The van der Waals surface area contributed by atoms with Crippen molar-refractivity contribution in [2.75, 3.05) is 0 Å². The van der Waals surface area contributed by atoms with E-state index in [0.717, 1.165) is 11.5 Å². The van der Waals surface area contributed by atoms with Crippen LogP contribution in [0.5, 0.6) is 10.8 Å². The molecule has 0 unspecified atom stereocenters. The van der Waals surface area contributed by atoms with Crippen LogP contribution in [0.3, 0.4) is 0 Å². The van der Waals surface area contributed by atoms with Gasteiger partial charge in [0.1, 0.15) is 23.0 Å². The topological polar surface area (TPSA) is 119 Å². The molecule has 8 nitrogen and oxygen atoms in total. The summed E-state index contributed by atoms with van der Waals surface area (Å²) >= 11 is 6.77. The molecule has 4 aromatic rings. The third-order valence-electron chi connectivity index (χ3n) is 4.05. The highest BCUT2D eigenvalue weighted by Crippen LogP contribution is 2.36. The minimum atomic E-state index is -0.582. The summed E-state index contributed by atoms with van der Waals surface area (Å²) in [4.78, 5) is 22.4. The zero-order chi connectivity index (χ0) is 20.5. The van der Waals surface area contributed by atoms with E-state index in [1.165, 1.54) is 24.3 Å². The van der Waals surface area contributed by atoms with Gasteiger partial charge in [-0.3, -0.25) is 10.1 Å². The van der Waals surface area contributed by atoms with Gasteiger partial charge in [-0.25, -0.2) is 4.79 Å². The fourth-order valence-corrected chi connectivity index (χ4v) is 3.64. The number of nitro benzene ring substituents is 1. The lowest BCUT2D eigenvalue weighted by atomic mass is 10.0. The molecule has 0 saturated carbocycles. The van der Waals surface area contributed by atoms with Crippen LogP contribution in [-0.2, 0) is 0 Å². The summed E-state index contributed by atoms with van der Waals surface area (Å²) < 4.78 is 14.8. The Morgan fingerprint density at radius 3 is 2.66 bits per heavy atom. The minimum absolute atomic E-state index is 0.0479. The number of halogens is 1. The molecule has 2 aromatic carbocycles. The normalized spacial score (nSPS) is 10.6. The van der Waals surface area contributed by atoms with Crippen LogP contribution in [0.4, 0.5) is 5.69 Å². The molecule has 142 valence electrons. The molecule has 0 amide bonds. The van der Waals surface area contributed by atoms with E-state index >= 15 is 0 Å². The number of ether oxygens (including phenoxy) is 1. The molecule has 4 rings (SSSR count). The average Bonchev–Trinajstić information content (AvgIpc) is 3.06. The SMILES string of the molecule is N#Cc1c(Cl)nsc1Oc1ccc2c(-c3ccc([N+](=O)[O-])cc3)cc(=O)oc2c1. The van der Waals surface area contributed by atoms with Gasteiger partial charge in [-0.05, 0) is 35.4 Å². The van der Waals surface area contributed by atoms with Crippen molar-refractivity contribution >= 4 is 39.8 Å². The molecule has 0 fully saturated rings. The molecule has 10 heteroatoms. The van der Waals surface area contributed by atoms with Gasteiger partial charge in [0, 0.05) is 41.2 Å². The van der Waals surface area contributed by atoms with Gasteiger partial charge in [0.05, 0.1) is 4.92 Å². The number of benzene rings is 2. The number of nitriles is 1. The second-order valence-electron chi connectivity index (χ2n) is 5.79. The van der Waals surface area contributed by atoms with E-state index in [1.54, 1.807) is 24.3 Å². The zero-order valence-corrected chi connectivity index (χ0v) is 15.9. The highest BCUT2D eigenvalue weighted by atomic mass is 35.5. The molecule has 0 aliphatic heterocycles. The maximum atomic E-state index is 12.0. The molecule has 0 spiro atoms. The molecular formula is C19H8ClN3O5S. The predicted molar refractivity (Wildman–Crippen MR) is 106 cm³/mol. The van der Waals surface area contributed by atoms with E-state index < -0.39 is 10.5 Å².